The number of hydrogen-bond donors (Lipinski definition) is 0. The number of aromatic nitrogens is 3. The Labute approximate surface area is 127 Å². The minimum atomic E-state index is 0.345. The topological polar surface area (TPSA) is 68.9 Å². The van der Waals surface area contributed by atoms with Crippen LogP contribution in [0.2, 0.25) is 5.15 Å². The van der Waals surface area contributed by atoms with Crippen molar-refractivity contribution >= 4 is 23.4 Å². The third-order valence-electron chi connectivity index (χ3n) is 3.35. The van der Waals surface area contributed by atoms with Crippen molar-refractivity contribution in [1.29, 1.82) is 5.26 Å². The third kappa shape index (κ3) is 3.03. The van der Waals surface area contributed by atoms with Gasteiger partial charge in [0.05, 0.1) is 11.6 Å². The first kappa shape index (κ1) is 13.6. The van der Waals surface area contributed by atoms with Gasteiger partial charge in [0.25, 0.3) is 0 Å². The summed E-state index contributed by atoms with van der Waals surface area (Å²) in [5.74, 6) is 1.49. The largest absolute Gasteiger partial charge is 0.353 e. The lowest BCUT2D eigenvalue weighted by Crippen LogP contribution is -2.47. The summed E-state index contributed by atoms with van der Waals surface area (Å²) in [6.45, 7) is 3.19. The molecule has 0 saturated carbocycles. The van der Waals surface area contributed by atoms with Gasteiger partial charge in [-0.05, 0) is 18.2 Å². The lowest BCUT2D eigenvalue weighted by atomic mass is 10.2. The number of halogens is 1. The predicted molar refractivity (Wildman–Crippen MR) is 80.4 cm³/mol. The standard InChI is InChI=1S/C14H13ClN6/c15-12-8-11(10-16)9-13(19-12)20-4-6-21(7-5-20)14-17-2-1-3-18-14/h1-3,8-9H,4-7H2. The third-order valence-corrected chi connectivity index (χ3v) is 3.54. The lowest BCUT2D eigenvalue weighted by molar-refractivity contribution is 0.634. The van der Waals surface area contributed by atoms with E-state index in [1.54, 1.807) is 30.6 Å². The van der Waals surface area contributed by atoms with Crippen LogP contribution >= 0.6 is 11.6 Å². The molecule has 1 saturated heterocycles. The van der Waals surface area contributed by atoms with Crippen molar-refractivity contribution in [3.8, 4) is 6.07 Å². The van der Waals surface area contributed by atoms with Crippen LogP contribution in [0.1, 0.15) is 5.56 Å². The maximum atomic E-state index is 9.00. The smallest absolute Gasteiger partial charge is 0.225 e. The zero-order chi connectivity index (χ0) is 14.7. The maximum Gasteiger partial charge on any atom is 0.225 e. The van der Waals surface area contributed by atoms with Crippen LogP contribution in [-0.2, 0) is 0 Å². The van der Waals surface area contributed by atoms with Gasteiger partial charge in [0, 0.05) is 38.6 Å². The Bertz CT molecular complexity index is 661. The molecule has 106 valence electrons. The van der Waals surface area contributed by atoms with Gasteiger partial charge < -0.3 is 9.80 Å². The molecule has 2 aromatic heterocycles. The SMILES string of the molecule is N#Cc1cc(Cl)nc(N2CCN(c3ncccn3)CC2)c1. The molecule has 0 aliphatic carbocycles. The fourth-order valence-corrected chi connectivity index (χ4v) is 2.50. The highest BCUT2D eigenvalue weighted by Crippen LogP contribution is 2.20. The van der Waals surface area contributed by atoms with Crippen molar-refractivity contribution in [3.05, 3.63) is 41.3 Å². The van der Waals surface area contributed by atoms with E-state index in [1.165, 1.54) is 0 Å². The molecule has 0 spiro atoms. The average molecular weight is 301 g/mol. The van der Waals surface area contributed by atoms with Crippen LogP contribution in [0.15, 0.2) is 30.6 Å². The second-order valence-electron chi connectivity index (χ2n) is 4.67. The summed E-state index contributed by atoms with van der Waals surface area (Å²) in [6.07, 6.45) is 3.48. The van der Waals surface area contributed by atoms with Gasteiger partial charge in [-0.25, -0.2) is 15.0 Å². The second kappa shape index (κ2) is 5.94. The first-order valence-electron chi connectivity index (χ1n) is 6.61. The number of piperazine rings is 1. The number of hydrogen-bond acceptors (Lipinski definition) is 6. The van der Waals surface area contributed by atoms with E-state index < -0.39 is 0 Å². The highest BCUT2D eigenvalue weighted by Gasteiger charge is 2.20. The Hall–Kier alpha value is -2.39. The maximum absolute atomic E-state index is 9.00. The zero-order valence-corrected chi connectivity index (χ0v) is 12.0. The monoisotopic (exact) mass is 300 g/mol. The van der Waals surface area contributed by atoms with Crippen LogP contribution in [0.5, 0.6) is 0 Å². The molecule has 0 N–H and O–H groups in total. The lowest BCUT2D eigenvalue weighted by Gasteiger charge is -2.35. The molecule has 0 amide bonds. The van der Waals surface area contributed by atoms with E-state index in [9.17, 15) is 0 Å². The van der Waals surface area contributed by atoms with Crippen LogP contribution in [0.4, 0.5) is 11.8 Å². The molecule has 21 heavy (non-hydrogen) atoms. The minimum Gasteiger partial charge on any atom is -0.353 e. The molecule has 6 nitrogen and oxygen atoms in total. The second-order valence-corrected chi connectivity index (χ2v) is 5.06. The molecular formula is C14H13ClN6. The van der Waals surface area contributed by atoms with Gasteiger partial charge in [0.1, 0.15) is 11.0 Å². The van der Waals surface area contributed by atoms with Crippen molar-refractivity contribution in [2.45, 2.75) is 0 Å². The van der Waals surface area contributed by atoms with Crippen LogP contribution in [-0.4, -0.2) is 41.1 Å². The first-order valence-corrected chi connectivity index (χ1v) is 6.98. The van der Waals surface area contributed by atoms with Gasteiger partial charge in [0.15, 0.2) is 0 Å². The number of pyridine rings is 1. The van der Waals surface area contributed by atoms with Crippen molar-refractivity contribution < 1.29 is 0 Å². The van der Waals surface area contributed by atoms with E-state index in [2.05, 4.69) is 30.8 Å². The van der Waals surface area contributed by atoms with Gasteiger partial charge >= 0.3 is 0 Å². The van der Waals surface area contributed by atoms with Crippen LogP contribution in [0.3, 0.4) is 0 Å². The summed E-state index contributed by atoms with van der Waals surface area (Å²) < 4.78 is 0. The first-order chi connectivity index (χ1) is 10.3. The highest BCUT2D eigenvalue weighted by molar-refractivity contribution is 6.29. The quantitative estimate of drug-likeness (QED) is 0.787. The van der Waals surface area contributed by atoms with Gasteiger partial charge in [-0.3, -0.25) is 0 Å². The van der Waals surface area contributed by atoms with Gasteiger partial charge in [-0.1, -0.05) is 11.6 Å². The molecule has 0 atom stereocenters. The number of rotatable bonds is 2. The molecule has 1 aliphatic rings. The number of nitrogens with zero attached hydrogens (tertiary/aromatic N) is 6. The Kier molecular flexibility index (Phi) is 3.84. The molecule has 3 heterocycles. The zero-order valence-electron chi connectivity index (χ0n) is 11.3. The van der Waals surface area contributed by atoms with E-state index in [-0.39, 0.29) is 0 Å². The fraction of sp³-hybridized carbons (Fsp3) is 0.286. The van der Waals surface area contributed by atoms with Crippen molar-refractivity contribution in [2.75, 3.05) is 36.0 Å². The van der Waals surface area contributed by atoms with E-state index in [1.807, 2.05) is 0 Å². The number of nitriles is 1. The average Bonchev–Trinajstić information content (AvgIpc) is 2.55. The molecule has 7 heteroatoms. The van der Waals surface area contributed by atoms with E-state index in [0.717, 1.165) is 37.9 Å². The molecule has 2 aromatic rings. The molecule has 1 aliphatic heterocycles. The minimum absolute atomic E-state index is 0.345. The van der Waals surface area contributed by atoms with Crippen LogP contribution in [0.25, 0.3) is 0 Å². The molecule has 0 aromatic carbocycles. The summed E-state index contributed by atoms with van der Waals surface area (Å²) in [7, 11) is 0. The Balaban J connectivity index is 1.71. The van der Waals surface area contributed by atoms with E-state index in [0.29, 0.717) is 10.7 Å². The normalized spacial score (nSPS) is 14.9. The summed E-state index contributed by atoms with van der Waals surface area (Å²) in [4.78, 5) is 17.1. The van der Waals surface area contributed by atoms with Crippen LogP contribution in [0, 0.1) is 11.3 Å². The van der Waals surface area contributed by atoms with Crippen molar-refractivity contribution in [3.63, 3.8) is 0 Å². The van der Waals surface area contributed by atoms with Gasteiger partial charge in [-0.15, -0.1) is 0 Å². The Morgan fingerprint density at radius 2 is 1.71 bits per heavy atom. The molecule has 0 unspecified atom stereocenters. The summed E-state index contributed by atoms with van der Waals surface area (Å²) in [6, 6.07) is 7.24. The van der Waals surface area contributed by atoms with E-state index >= 15 is 0 Å². The fourth-order valence-electron chi connectivity index (χ4n) is 2.30. The molecule has 0 radical (unpaired) electrons. The molecule has 3 rings (SSSR count). The van der Waals surface area contributed by atoms with Crippen LogP contribution < -0.4 is 9.80 Å². The van der Waals surface area contributed by atoms with Crippen molar-refractivity contribution in [2.24, 2.45) is 0 Å². The molecular weight excluding hydrogens is 288 g/mol. The number of anilines is 2. The summed E-state index contributed by atoms with van der Waals surface area (Å²) in [5, 5.41) is 9.34. The summed E-state index contributed by atoms with van der Waals surface area (Å²) >= 11 is 5.95. The molecule has 0 bridgehead atoms. The van der Waals surface area contributed by atoms with Gasteiger partial charge in [-0.2, -0.15) is 5.26 Å². The highest BCUT2D eigenvalue weighted by atomic mass is 35.5. The summed E-state index contributed by atoms with van der Waals surface area (Å²) in [5.41, 5.74) is 0.527. The van der Waals surface area contributed by atoms with E-state index in [4.69, 9.17) is 16.9 Å². The molecule has 1 fully saturated rings. The predicted octanol–water partition coefficient (Wildman–Crippen LogP) is 1.72. The van der Waals surface area contributed by atoms with Gasteiger partial charge in [0.2, 0.25) is 5.95 Å². The van der Waals surface area contributed by atoms with Crippen molar-refractivity contribution in [1.82, 2.24) is 15.0 Å². The Morgan fingerprint density at radius 1 is 1.05 bits per heavy atom. The Morgan fingerprint density at radius 3 is 2.38 bits per heavy atom.